The molecule has 0 radical (unpaired) electrons. The Balaban J connectivity index is 1.44. The number of carbonyl (C=O) groups excluding carboxylic acids is 2. The molecule has 1 aromatic heterocycles. The zero-order valence-electron chi connectivity index (χ0n) is 16.7. The molecule has 1 aliphatic carbocycles. The number of pyridine rings is 1. The normalized spacial score (nSPS) is 17.6. The number of amides is 2. The third-order valence-corrected chi connectivity index (χ3v) is 6.30. The molecule has 2 heterocycles. The van der Waals surface area contributed by atoms with Crippen molar-refractivity contribution in [3.05, 3.63) is 53.9 Å². The molecule has 3 N–H and O–H groups in total. The van der Waals surface area contributed by atoms with Crippen molar-refractivity contribution in [2.24, 2.45) is 11.1 Å². The first-order valence-electron chi connectivity index (χ1n) is 10.4. The van der Waals surface area contributed by atoms with Crippen LogP contribution in [0.25, 0.3) is 0 Å². The molecule has 6 nitrogen and oxygen atoms in total. The van der Waals surface area contributed by atoms with Crippen molar-refractivity contribution in [3.8, 4) is 0 Å². The molecule has 29 heavy (non-hydrogen) atoms. The van der Waals surface area contributed by atoms with E-state index in [1.807, 2.05) is 18.2 Å². The van der Waals surface area contributed by atoms with Crippen LogP contribution in [0.5, 0.6) is 0 Å². The van der Waals surface area contributed by atoms with E-state index in [1.165, 1.54) is 6.42 Å². The van der Waals surface area contributed by atoms with E-state index < -0.39 is 0 Å². The van der Waals surface area contributed by atoms with Gasteiger partial charge in [-0.25, -0.2) is 0 Å². The predicted molar refractivity (Wildman–Crippen MR) is 114 cm³/mol. The van der Waals surface area contributed by atoms with Crippen molar-refractivity contribution in [1.82, 2.24) is 4.98 Å². The Bertz CT molecular complexity index is 891. The number of hydrogen-bond acceptors (Lipinski definition) is 4. The zero-order valence-corrected chi connectivity index (χ0v) is 16.7. The fourth-order valence-corrected chi connectivity index (χ4v) is 4.64. The molecule has 0 unspecified atom stereocenters. The van der Waals surface area contributed by atoms with Gasteiger partial charge in [0, 0.05) is 36.7 Å². The van der Waals surface area contributed by atoms with E-state index in [-0.39, 0.29) is 17.2 Å². The lowest BCUT2D eigenvalue weighted by molar-refractivity contribution is -0.118. The van der Waals surface area contributed by atoms with Gasteiger partial charge in [0.15, 0.2) is 0 Å². The third kappa shape index (κ3) is 4.17. The Kier molecular flexibility index (Phi) is 5.62. The Morgan fingerprint density at radius 3 is 2.72 bits per heavy atom. The highest BCUT2D eigenvalue weighted by Crippen LogP contribution is 2.39. The summed E-state index contributed by atoms with van der Waals surface area (Å²) in [5, 5.41) is 3.05. The molecule has 152 valence electrons. The van der Waals surface area contributed by atoms with Crippen LogP contribution in [0.1, 0.15) is 54.4 Å². The molecule has 2 amide bonds. The van der Waals surface area contributed by atoms with E-state index in [9.17, 15) is 9.59 Å². The minimum Gasteiger partial charge on any atom is -0.330 e. The lowest BCUT2D eigenvalue weighted by Gasteiger charge is -2.35. The van der Waals surface area contributed by atoms with Crippen LogP contribution in [0, 0.1) is 5.41 Å². The fraction of sp³-hybridized carbons (Fsp3) is 0.435. The second kappa shape index (κ2) is 8.33. The summed E-state index contributed by atoms with van der Waals surface area (Å²) < 4.78 is 0. The number of anilines is 2. The first-order valence-corrected chi connectivity index (χ1v) is 10.4. The minimum atomic E-state index is -0.0496. The highest BCUT2D eigenvalue weighted by atomic mass is 16.2. The fourth-order valence-electron chi connectivity index (χ4n) is 4.64. The van der Waals surface area contributed by atoms with E-state index in [0.29, 0.717) is 25.1 Å². The summed E-state index contributed by atoms with van der Waals surface area (Å²) in [6.45, 7) is 1.20. The van der Waals surface area contributed by atoms with E-state index in [4.69, 9.17) is 5.73 Å². The monoisotopic (exact) mass is 392 g/mol. The van der Waals surface area contributed by atoms with Crippen LogP contribution in [-0.4, -0.2) is 29.9 Å². The number of carbonyl (C=O) groups is 2. The zero-order chi connectivity index (χ0) is 20.3. The van der Waals surface area contributed by atoms with E-state index in [0.717, 1.165) is 49.0 Å². The van der Waals surface area contributed by atoms with Gasteiger partial charge in [-0.2, -0.15) is 0 Å². The molecule has 1 fully saturated rings. The van der Waals surface area contributed by atoms with Crippen LogP contribution in [0.15, 0.2) is 42.7 Å². The summed E-state index contributed by atoms with van der Waals surface area (Å²) in [7, 11) is 0. The molecule has 0 atom stereocenters. The van der Waals surface area contributed by atoms with Gasteiger partial charge in [0.05, 0.1) is 5.56 Å². The molecular weight excluding hydrogens is 364 g/mol. The van der Waals surface area contributed by atoms with Gasteiger partial charge in [0.25, 0.3) is 5.91 Å². The molecule has 1 saturated carbocycles. The molecule has 1 aliphatic heterocycles. The topological polar surface area (TPSA) is 88.3 Å². The number of nitrogens with two attached hydrogens (primary N) is 1. The maximum Gasteiger partial charge on any atom is 0.259 e. The van der Waals surface area contributed by atoms with E-state index in [2.05, 4.69) is 10.3 Å². The molecule has 0 spiro atoms. The second-order valence-corrected chi connectivity index (χ2v) is 8.28. The second-order valence-electron chi connectivity index (χ2n) is 8.28. The van der Waals surface area contributed by atoms with Gasteiger partial charge in [-0.05, 0) is 67.1 Å². The quantitative estimate of drug-likeness (QED) is 0.815. The smallest absolute Gasteiger partial charge is 0.259 e. The summed E-state index contributed by atoms with van der Waals surface area (Å²) >= 11 is 0. The van der Waals surface area contributed by atoms with Crippen molar-refractivity contribution in [2.75, 3.05) is 23.3 Å². The third-order valence-electron chi connectivity index (χ3n) is 6.30. The van der Waals surface area contributed by atoms with E-state index >= 15 is 0 Å². The number of rotatable bonds is 5. The highest BCUT2D eigenvalue weighted by Gasteiger charge is 2.33. The lowest BCUT2D eigenvalue weighted by atomic mass is 9.71. The summed E-state index contributed by atoms with van der Waals surface area (Å²) in [6, 6.07) is 9.33. The SMILES string of the molecule is NCC1(CC(=O)Nc2ccc3c(c2)CCN3C(=O)c2cccnc2)CCCCC1. The van der Waals surface area contributed by atoms with Crippen LogP contribution >= 0.6 is 0 Å². The van der Waals surface area contributed by atoms with Gasteiger partial charge in [-0.3, -0.25) is 14.6 Å². The molecule has 2 aliphatic rings. The summed E-state index contributed by atoms with van der Waals surface area (Å²) in [5.41, 5.74) is 9.32. The number of hydrogen-bond donors (Lipinski definition) is 2. The number of fused-ring (bicyclic) bond motifs is 1. The lowest BCUT2D eigenvalue weighted by Crippen LogP contribution is -2.36. The summed E-state index contributed by atoms with van der Waals surface area (Å²) in [4.78, 5) is 31.2. The van der Waals surface area contributed by atoms with Crippen LogP contribution in [0.3, 0.4) is 0 Å². The molecule has 0 saturated heterocycles. The van der Waals surface area contributed by atoms with Crippen molar-refractivity contribution < 1.29 is 9.59 Å². The van der Waals surface area contributed by atoms with Gasteiger partial charge >= 0.3 is 0 Å². The first kappa shape index (κ1) is 19.6. The summed E-state index contributed by atoms with van der Waals surface area (Å²) in [5.74, 6) is -0.0191. The van der Waals surface area contributed by atoms with E-state index in [1.54, 1.807) is 29.4 Å². The Labute approximate surface area is 171 Å². The van der Waals surface area contributed by atoms with Crippen LogP contribution in [0.2, 0.25) is 0 Å². The number of nitrogens with zero attached hydrogens (tertiary/aromatic N) is 2. The van der Waals surface area contributed by atoms with Gasteiger partial charge in [-0.1, -0.05) is 19.3 Å². The number of benzene rings is 1. The predicted octanol–water partition coefficient (Wildman–Crippen LogP) is 3.52. The number of nitrogens with one attached hydrogen (secondary N) is 1. The van der Waals surface area contributed by atoms with Gasteiger partial charge in [0.2, 0.25) is 5.91 Å². The Hall–Kier alpha value is -2.73. The molecule has 6 heteroatoms. The number of aromatic nitrogens is 1. The van der Waals surface area contributed by atoms with Crippen LogP contribution < -0.4 is 16.0 Å². The maximum absolute atomic E-state index is 12.8. The van der Waals surface area contributed by atoms with Gasteiger partial charge in [-0.15, -0.1) is 0 Å². The molecular formula is C23H28N4O2. The minimum absolute atomic E-state index is 0.0265. The standard InChI is InChI=1S/C23H28N4O2/c24-16-23(9-2-1-3-10-23)14-21(28)26-19-6-7-20-17(13-19)8-12-27(20)22(29)18-5-4-11-25-15-18/h4-7,11,13,15H,1-3,8-10,12,14,16,24H2,(H,26,28). The average Bonchev–Trinajstić information content (AvgIpc) is 3.17. The molecule has 1 aromatic carbocycles. The Morgan fingerprint density at radius 1 is 1.17 bits per heavy atom. The van der Waals surface area contributed by atoms with Crippen molar-refractivity contribution >= 4 is 23.2 Å². The maximum atomic E-state index is 12.8. The van der Waals surface area contributed by atoms with Gasteiger partial charge < -0.3 is 16.0 Å². The average molecular weight is 393 g/mol. The highest BCUT2D eigenvalue weighted by molar-refractivity contribution is 6.07. The van der Waals surface area contributed by atoms with Crippen molar-refractivity contribution in [3.63, 3.8) is 0 Å². The van der Waals surface area contributed by atoms with Crippen LogP contribution in [0.4, 0.5) is 11.4 Å². The summed E-state index contributed by atoms with van der Waals surface area (Å²) in [6.07, 6.45) is 10.1. The van der Waals surface area contributed by atoms with Crippen molar-refractivity contribution in [1.29, 1.82) is 0 Å². The molecule has 2 aromatic rings. The molecule has 0 bridgehead atoms. The molecule has 4 rings (SSSR count). The Morgan fingerprint density at radius 2 is 2.00 bits per heavy atom. The van der Waals surface area contributed by atoms with Crippen LogP contribution in [-0.2, 0) is 11.2 Å². The van der Waals surface area contributed by atoms with Gasteiger partial charge in [0.1, 0.15) is 0 Å². The van der Waals surface area contributed by atoms with Crippen molar-refractivity contribution in [2.45, 2.75) is 44.9 Å². The largest absolute Gasteiger partial charge is 0.330 e. The first-order chi connectivity index (χ1) is 14.1.